The van der Waals surface area contributed by atoms with Crippen molar-refractivity contribution in [2.75, 3.05) is 5.75 Å². The van der Waals surface area contributed by atoms with Crippen molar-refractivity contribution in [2.45, 2.75) is 58.2 Å². The fourth-order valence-corrected chi connectivity index (χ4v) is 1.96. The van der Waals surface area contributed by atoms with Crippen LogP contribution in [0.3, 0.4) is 0 Å². The lowest BCUT2D eigenvalue weighted by Gasteiger charge is -2.22. The standard InChI is InChI=1S/C11H25NS/c1-6-9(2)7-10(12)8-13-11(3,4)5/h9-10H,6-8,12H2,1-5H3. The first-order valence-electron chi connectivity index (χ1n) is 5.24. The molecule has 0 bridgehead atoms. The Hall–Kier alpha value is 0.310. The molecule has 2 unspecified atom stereocenters. The quantitative estimate of drug-likeness (QED) is 0.742. The average Bonchev–Trinajstić information content (AvgIpc) is 1.99. The number of hydrogen-bond donors (Lipinski definition) is 1. The van der Waals surface area contributed by atoms with E-state index in [4.69, 9.17) is 5.73 Å². The Bertz CT molecular complexity index is 129. The Kier molecular flexibility index (Phi) is 6.06. The molecule has 0 spiro atoms. The van der Waals surface area contributed by atoms with Crippen molar-refractivity contribution >= 4 is 11.8 Å². The molecule has 13 heavy (non-hydrogen) atoms. The van der Waals surface area contributed by atoms with E-state index in [0.717, 1.165) is 11.7 Å². The van der Waals surface area contributed by atoms with Gasteiger partial charge in [-0.15, -0.1) is 0 Å². The third-order valence-electron chi connectivity index (χ3n) is 2.13. The first-order valence-corrected chi connectivity index (χ1v) is 6.23. The summed E-state index contributed by atoms with van der Waals surface area (Å²) in [5.41, 5.74) is 6.04. The first-order chi connectivity index (χ1) is 5.85. The molecule has 0 aromatic carbocycles. The molecule has 0 aliphatic rings. The summed E-state index contributed by atoms with van der Waals surface area (Å²) in [4.78, 5) is 0. The maximum Gasteiger partial charge on any atom is 0.0133 e. The molecule has 0 saturated heterocycles. The van der Waals surface area contributed by atoms with Crippen LogP contribution in [0.15, 0.2) is 0 Å². The van der Waals surface area contributed by atoms with Gasteiger partial charge in [0, 0.05) is 16.5 Å². The molecule has 0 fully saturated rings. The minimum absolute atomic E-state index is 0.354. The van der Waals surface area contributed by atoms with Gasteiger partial charge in [-0.3, -0.25) is 0 Å². The molecule has 0 saturated carbocycles. The van der Waals surface area contributed by atoms with E-state index in [9.17, 15) is 0 Å². The molecule has 0 aromatic rings. The van der Waals surface area contributed by atoms with Gasteiger partial charge in [0.25, 0.3) is 0 Å². The Morgan fingerprint density at radius 1 is 1.31 bits per heavy atom. The van der Waals surface area contributed by atoms with Gasteiger partial charge in [0.15, 0.2) is 0 Å². The predicted molar refractivity (Wildman–Crippen MR) is 64.3 cm³/mol. The molecular weight excluding hydrogens is 178 g/mol. The largest absolute Gasteiger partial charge is 0.327 e. The molecule has 0 aliphatic carbocycles. The summed E-state index contributed by atoms with van der Waals surface area (Å²) >= 11 is 1.97. The fraction of sp³-hybridized carbons (Fsp3) is 1.00. The predicted octanol–water partition coefficient (Wildman–Crippen LogP) is 3.28. The van der Waals surface area contributed by atoms with Crippen LogP contribution < -0.4 is 5.73 Å². The third kappa shape index (κ3) is 8.63. The van der Waals surface area contributed by atoms with Crippen molar-refractivity contribution in [3.63, 3.8) is 0 Å². The summed E-state index contributed by atoms with van der Waals surface area (Å²) in [7, 11) is 0. The van der Waals surface area contributed by atoms with Gasteiger partial charge in [0.1, 0.15) is 0 Å². The van der Waals surface area contributed by atoms with Crippen LogP contribution in [0.5, 0.6) is 0 Å². The molecule has 2 atom stereocenters. The van der Waals surface area contributed by atoms with E-state index >= 15 is 0 Å². The topological polar surface area (TPSA) is 26.0 Å². The van der Waals surface area contributed by atoms with Crippen LogP contribution in [0.4, 0.5) is 0 Å². The number of hydrogen-bond acceptors (Lipinski definition) is 2. The maximum atomic E-state index is 6.04. The summed E-state index contributed by atoms with van der Waals surface area (Å²) in [6.07, 6.45) is 2.41. The maximum absolute atomic E-state index is 6.04. The monoisotopic (exact) mass is 203 g/mol. The normalized spacial score (nSPS) is 17.1. The number of thioether (sulfide) groups is 1. The SMILES string of the molecule is CCC(C)CC(N)CSC(C)(C)C. The van der Waals surface area contributed by atoms with Crippen LogP contribution in [-0.4, -0.2) is 16.5 Å². The zero-order valence-corrected chi connectivity index (χ0v) is 10.6. The zero-order chi connectivity index (χ0) is 10.5. The number of nitrogens with two attached hydrogens (primary N) is 1. The van der Waals surface area contributed by atoms with Gasteiger partial charge in [-0.05, 0) is 12.3 Å². The lowest BCUT2D eigenvalue weighted by molar-refractivity contribution is 0.472. The Labute approximate surface area is 87.9 Å². The van der Waals surface area contributed by atoms with E-state index in [0.29, 0.717) is 10.8 Å². The van der Waals surface area contributed by atoms with Crippen molar-refractivity contribution in [3.05, 3.63) is 0 Å². The molecule has 0 aromatic heterocycles. The molecule has 1 nitrogen and oxygen atoms in total. The highest BCUT2D eigenvalue weighted by molar-refractivity contribution is 8.00. The molecule has 0 heterocycles. The lowest BCUT2D eigenvalue weighted by atomic mass is 10.0. The van der Waals surface area contributed by atoms with E-state index in [1.807, 2.05) is 11.8 Å². The van der Waals surface area contributed by atoms with E-state index in [-0.39, 0.29) is 0 Å². The molecule has 2 heteroatoms. The van der Waals surface area contributed by atoms with Crippen LogP contribution in [0.25, 0.3) is 0 Å². The third-order valence-corrected chi connectivity index (χ3v) is 3.59. The summed E-state index contributed by atoms with van der Waals surface area (Å²) < 4.78 is 0.354. The van der Waals surface area contributed by atoms with Gasteiger partial charge in [-0.2, -0.15) is 11.8 Å². The second kappa shape index (κ2) is 5.92. The van der Waals surface area contributed by atoms with Gasteiger partial charge >= 0.3 is 0 Å². The molecule has 0 radical (unpaired) electrons. The summed E-state index contributed by atoms with van der Waals surface area (Å²) in [6.45, 7) is 11.2. The Balaban J connectivity index is 3.57. The molecule has 0 aliphatic heterocycles. The van der Waals surface area contributed by atoms with Crippen LogP contribution in [-0.2, 0) is 0 Å². The van der Waals surface area contributed by atoms with Crippen LogP contribution >= 0.6 is 11.8 Å². The van der Waals surface area contributed by atoms with E-state index < -0.39 is 0 Å². The average molecular weight is 203 g/mol. The second-order valence-corrected chi connectivity index (χ2v) is 6.78. The minimum atomic E-state index is 0.354. The van der Waals surface area contributed by atoms with Crippen molar-refractivity contribution in [1.82, 2.24) is 0 Å². The minimum Gasteiger partial charge on any atom is -0.327 e. The first kappa shape index (κ1) is 13.3. The molecule has 2 N–H and O–H groups in total. The van der Waals surface area contributed by atoms with Crippen LogP contribution in [0, 0.1) is 5.92 Å². The fourth-order valence-electron chi connectivity index (χ4n) is 1.11. The second-order valence-electron chi connectivity index (χ2n) is 4.93. The molecule has 0 rings (SSSR count). The van der Waals surface area contributed by atoms with Crippen molar-refractivity contribution < 1.29 is 0 Å². The van der Waals surface area contributed by atoms with Crippen molar-refractivity contribution in [1.29, 1.82) is 0 Å². The van der Waals surface area contributed by atoms with Gasteiger partial charge < -0.3 is 5.73 Å². The van der Waals surface area contributed by atoms with E-state index in [1.54, 1.807) is 0 Å². The van der Waals surface area contributed by atoms with Gasteiger partial charge in [0.05, 0.1) is 0 Å². The Morgan fingerprint density at radius 2 is 1.85 bits per heavy atom. The summed E-state index contributed by atoms with van der Waals surface area (Å²) in [5.74, 6) is 1.86. The highest BCUT2D eigenvalue weighted by Crippen LogP contribution is 2.24. The summed E-state index contributed by atoms with van der Waals surface area (Å²) in [5, 5.41) is 0. The van der Waals surface area contributed by atoms with Crippen molar-refractivity contribution in [3.8, 4) is 0 Å². The van der Waals surface area contributed by atoms with Crippen LogP contribution in [0.2, 0.25) is 0 Å². The molecular formula is C11H25NS. The van der Waals surface area contributed by atoms with Gasteiger partial charge in [-0.1, -0.05) is 41.0 Å². The lowest BCUT2D eigenvalue weighted by Crippen LogP contribution is -2.27. The molecule has 0 amide bonds. The van der Waals surface area contributed by atoms with E-state index in [1.165, 1.54) is 12.8 Å². The van der Waals surface area contributed by atoms with E-state index in [2.05, 4.69) is 34.6 Å². The summed E-state index contributed by atoms with van der Waals surface area (Å²) in [6, 6.07) is 0.374. The highest BCUT2D eigenvalue weighted by Gasteiger charge is 2.14. The highest BCUT2D eigenvalue weighted by atomic mass is 32.2. The van der Waals surface area contributed by atoms with Gasteiger partial charge in [0.2, 0.25) is 0 Å². The smallest absolute Gasteiger partial charge is 0.0133 e. The Morgan fingerprint density at radius 3 is 2.23 bits per heavy atom. The molecule has 80 valence electrons. The van der Waals surface area contributed by atoms with Crippen LogP contribution in [0.1, 0.15) is 47.5 Å². The van der Waals surface area contributed by atoms with Crippen molar-refractivity contribution in [2.24, 2.45) is 11.7 Å². The number of rotatable bonds is 5. The zero-order valence-electron chi connectivity index (χ0n) is 9.76. The van der Waals surface area contributed by atoms with Gasteiger partial charge in [-0.25, -0.2) is 0 Å².